The van der Waals surface area contributed by atoms with Crippen molar-refractivity contribution in [2.45, 2.75) is 162 Å². The van der Waals surface area contributed by atoms with Crippen LogP contribution in [0, 0.1) is 0 Å². The molecule has 0 heterocycles. The van der Waals surface area contributed by atoms with Crippen molar-refractivity contribution in [3.63, 3.8) is 0 Å². The molecule has 0 rings (SSSR count). The zero-order valence-electron chi connectivity index (χ0n) is 21.8. The van der Waals surface area contributed by atoms with Crippen LogP contribution in [0.2, 0.25) is 0 Å². The van der Waals surface area contributed by atoms with E-state index < -0.39 is 0 Å². The monoisotopic (exact) mass is 454 g/mol. The van der Waals surface area contributed by atoms with E-state index in [1.165, 1.54) is 83.5 Å². The molecule has 190 valence electrons. The van der Waals surface area contributed by atoms with Gasteiger partial charge in [-0.25, -0.2) is 0 Å². The third kappa shape index (κ3) is 22.1. The minimum absolute atomic E-state index is 0.0150. The summed E-state index contributed by atoms with van der Waals surface area (Å²) in [6.45, 7) is 6.90. The lowest BCUT2D eigenvalue weighted by atomic mass is 10.0. The third-order valence-corrected chi connectivity index (χ3v) is 6.18. The van der Waals surface area contributed by atoms with Crippen LogP contribution < -0.4 is 0 Å². The van der Waals surface area contributed by atoms with E-state index in [4.69, 9.17) is 9.47 Å². The topological polar surface area (TPSA) is 52.6 Å². The average molecular weight is 455 g/mol. The van der Waals surface area contributed by atoms with E-state index in [2.05, 4.69) is 13.8 Å². The van der Waals surface area contributed by atoms with Gasteiger partial charge in [-0.2, -0.15) is 0 Å². The lowest BCUT2D eigenvalue weighted by Crippen LogP contribution is -2.18. The Bertz CT molecular complexity index is 422. The van der Waals surface area contributed by atoms with Crippen LogP contribution in [-0.4, -0.2) is 24.6 Å². The molecule has 1 atom stereocenters. The zero-order valence-corrected chi connectivity index (χ0v) is 21.8. The molecular weight excluding hydrogens is 400 g/mol. The van der Waals surface area contributed by atoms with Crippen LogP contribution in [0.3, 0.4) is 0 Å². The normalized spacial score (nSPS) is 12.0. The van der Waals surface area contributed by atoms with E-state index in [0.717, 1.165) is 38.5 Å². The average Bonchev–Trinajstić information content (AvgIpc) is 2.80. The first-order valence-electron chi connectivity index (χ1n) is 14.0. The standard InChI is InChI=1S/C28H54O4/c1-4-7-9-10-11-12-13-14-15-16-17-18-19-20-21-25-31-27(29)23-24-28(30)32-26(6-3)22-8-5-2/h26H,4-25H2,1-3H3. The van der Waals surface area contributed by atoms with Crippen molar-refractivity contribution in [1.82, 2.24) is 0 Å². The van der Waals surface area contributed by atoms with Gasteiger partial charge in [0.1, 0.15) is 6.10 Å². The van der Waals surface area contributed by atoms with Crippen LogP contribution in [0.25, 0.3) is 0 Å². The van der Waals surface area contributed by atoms with Gasteiger partial charge in [-0.3, -0.25) is 9.59 Å². The van der Waals surface area contributed by atoms with Crippen molar-refractivity contribution in [3.05, 3.63) is 0 Å². The fraction of sp³-hybridized carbons (Fsp3) is 0.929. The molecule has 0 amide bonds. The lowest BCUT2D eigenvalue weighted by molar-refractivity contribution is -0.154. The van der Waals surface area contributed by atoms with Gasteiger partial charge >= 0.3 is 11.9 Å². The second kappa shape index (κ2) is 24.6. The van der Waals surface area contributed by atoms with Crippen LogP contribution >= 0.6 is 0 Å². The summed E-state index contributed by atoms with van der Waals surface area (Å²) in [5.74, 6) is -0.564. The molecule has 0 saturated heterocycles. The number of rotatable bonds is 24. The number of hydrogen-bond donors (Lipinski definition) is 0. The first kappa shape index (κ1) is 30.9. The highest BCUT2D eigenvalue weighted by Gasteiger charge is 2.14. The molecule has 0 aromatic carbocycles. The first-order valence-corrected chi connectivity index (χ1v) is 14.0. The maximum absolute atomic E-state index is 11.9. The largest absolute Gasteiger partial charge is 0.466 e. The molecular formula is C28H54O4. The Balaban J connectivity index is 3.38. The summed E-state index contributed by atoms with van der Waals surface area (Å²) in [7, 11) is 0. The van der Waals surface area contributed by atoms with E-state index in [1.54, 1.807) is 0 Å². The molecule has 4 nitrogen and oxygen atoms in total. The molecule has 0 saturated carbocycles. The second-order valence-corrected chi connectivity index (χ2v) is 9.33. The molecule has 4 heteroatoms. The SMILES string of the molecule is CCCCCCCCCCCCCCCCCOC(=O)CCC(=O)OC(CC)CCCC. The van der Waals surface area contributed by atoms with Gasteiger partial charge in [0.05, 0.1) is 19.4 Å². The predicted molar refractivity (Wildman–Crippen MR) is 135 cm³/mol. The lowest BCUT2D eigenvalue weighted by Gasteiger charge is -2.15. The Morgan fingerprint density at radius 3 is 1.47 bits per heavy atom. The molecule has 0 N–H and O–H groups in total. The Morgan fingerprint density at radius 1 is 0.562 bits per heavy atom. The van der Waals surface area contributed by atoms with E-state index in [0.29, 0.717) is 6.61 Å². The summed E-state index contributed by atoms with van der Waals surface area (Å²) in [5, 5.41) is 0. The molecule has 0 radical (unpaired) electrons. The van der Waals surface area contributed by atoms with Gasteiger partial charge in [-0.1, -0.05) is 124 Å². The maximum Gasteiger partial charge on any atom is 0.306 e. The minimum Gasteiger partial charge on any atom is -0.466 e. The Kier molecular flexibility index (Phi) is 23.8. The molecule has 1 unspecified atom stereocenters. The van der Waals surface area contributed by atoms with Gasteiger partial charge in [-0.15, -0.1) is 0 Å². The maximum atomic E-state index is 11.9. The quantitative estimate of drug-likeness (QED) is 0.108. The number of ether oxygens (including phenoxy) is 2. The summed E-state index contributed by atoms with van der Waals surface area (Å²) in [5.41, 5.74) is 0. The summed E-state index contributed by atoms with van der Waals surface area (Å²) in [4.78, 5) is 23.7. The minimum atomic E-state index is -0.283. The van der Waals surface area contributed by atoms with Gasteiger partial charge in [0.25, 0.3) is 0 Å². The van der Waals surface area contributed by atoms with Crippen LogP contribution in [0.1, 0.15) is 156 Å². The zero-order chi connectivity index (χ0) is 23.7. The molecule has 0 spiro atoms. The highest BCUT2D eigenvalue weighted by atomic mass is 16.5. The number of carbonyl (C=O) groups excluding carboxylic acids is 2. The van der Waals surface area contributed by atoms with Crippen molar-refractivity contribution in [3.8, 4) is 0 Å². The van der Waals surface area contributed by atoms with Crippen LogP contribution in [0.4, 0.5) is 0 Å². The number of esters is 2. The van der Waals surface area contributed by atoms with Crippen LogP contribution in [-0.2, 0) is 19.1 Å². The summed E-state index contributed by atoms with van der Waals surface area (Å²) >= 11 is 0. The number of unbranched alkanes of at least 4 members (excludes halogenated alkanes) is 15. The summed E-state index contributed by atoms with van der Waals surface area (Å²) < 4.78 is 10.7. The highest BCUT2D eigenvalue weighted by molar-refractivity contribution is 5.77. The summed E-state index contributed by atoms with van der Waals surface area (Å²) in [6, 6.07) is 0. The number of hydrogen-bond acceptors (Lipinski definition) is 4. The van der Waals surface area contributed by atoms with Gasteiger partial charge in [0.15, 0.2) is 0 Å². The van der Waals surface area contributed by atoms with Crippen molar-refractivity contribution in [2.24, 2.45) is 0 Å². The van der Waals surface area contributed by atoms with E-state index in [-0.39, 0.29) is 30.9 Å². The number of carbonyl (C=O) groups is 2. The molecule has 32 heavy (non-hydrogen) atoms. The Morgan fingerprint density at radius 2 is 1.00 bits per heavy atom. The van der Waals surface area contributed by atoms with Crippen LogP contribution in [0.5, 0.6) is 0 Å². The fourth-order valence-corrected chi connectivity index (χ4v) is 3.96. The smallest absolute Gasteiger partial charge is 0.306 e. The molecule has 0 aliphatic heterocycles. The molecule has 0 bridgehead atoms. The van der Waals surface area contributed by atoms with Crippen molar-refractivity contribution >= 4 is 11.9 Å². The molecule has 0 aliphatic carbocycles. The van der Waals surface area contributed by atoms with Gasteiger partial charge < -0.3 is 9.47 Å². The van der Waals surface area contributed by atoms with Gasteiger partial charge in [0, 0.05) is 0 Å². The van der Waals surface area contributed by atoms with E-state index in [1.807, 2.05) is 6.92 Å². The molecule has 0 aliphatic rings. The highest BCUT2D eigenvalue weighted by Crippen LogP contribution is 2.14. The van der Waals surface area contributed by atoms with Gasteiger partial charge in [-0.05, 0) is 19.3 Å². The summed E-state index contributed by atoms with van der Waals surface area (Å²) in [6.07, 6.45) is 24.0. The fourth-order valence-electron chi connectivity index (χ4n) is 3.96. The second-order valence-electron chi connectivity index (χ2n) is 9.33. The molecule has 0 aromatic rings. The Labute approximate surface area is 199 Å². The van der Waals surface area contributed by atoms with Crippen molar-refractivity contribution < 1.29 is 19.1 Å². The first-order chi connectivity index (χ1) is 15.6. The van der Waals surface area contributed by atoms with E-state index >= 15 is 0 Å². The van der Waals surface area contributed by atoms with Crippen molar-refractivity contribution in [1.29, 1.82) is 0 Å². The van der Waals surface area contributed by atoms with Crippen LogP contribution in [0.15, 0.2) is 0 Å². The van der Waals surface area contributed by atoms with Crippen molar-refractivity contribution in [2.75, 3.05) is 6.61 Å². The molecule has 0 fully saturated rings. The van der Waals surface area contributed by atoms with E-state index in [9.17, 15) is 9.59 Å². The predicted octanol–water partition coefficient (Wildman–Crippen LogP) is 8.69. The molecule has 0 aromatic heterocycles. The third-order valence-electron chi connectivity index (χ3n) is 6.18. The van der Waals surface area contributed by atoms with Gasteiger partial charge in [0.2, 0.25) is 0 Å². The Hall–Kier alpha value is -1.06.